The van der Waals surface area contributed by atoms with Crippen LogP contribution in [0.4, 0.5) is 5.69 Å². The predicted octanol–water partition coefficient (Wildman–Crippen LogP) is 3.84. The van der Waals surface area contributed by atoms with E-state index in [-0.39, 0.29) is 10.8 Å². The highest BCUT2D eigenvalue weighted by atomic mass is 32.2. The summed E-state index contributed by atoms with van der Waals surface area (Å²) < 4.78 is 38.4. The number of hydrogen-bond acceptors (Lipinski definition) is 5. The van der Waals surface area contributed by atoms with E-state index < -0.39 is 10.0 Å². The molecule has 1 saturated heterocycles. The van der Waals surface area contributed by atoms with Crippen molar-refractivity contribution in [2.45, 2.75) is 38.0 Å². The van der Waals surface area contributed by atoms with E-state index in [2.05, 4.69) is 12.2 Å². The number of carbonyl (C=O) groups is 1. The molecule has 1 aliphatic heterocycles. The number of carbonyl (C=O) groups excluding carboxylic acids is 1. The van der Waals surface area contributed by atoms with Gasteiger partial charge in [0.05, 0.1) is 24.7 Å². The van der Waals surface area contributed by atoms with Crippen LogP contribution in [0.1, 0.15) is 42.1 Å². The number of nitrogens with zero attached hydrogens (tertiary/aromatic N) is 1. The van der Waals surface area contributed by atoms with Crippen LogP contribution in [-0.4, -0.2) is 51.5 Å². The molecule has 0 saturated carbocycles. The van der Waals surface area contributed by atoms with Crippen LogP contribution in [0, 0.1) is 6.92 Å². The van der Waals surface area contributed by atoms with Gasteiger partial charge in [0.25, 0.3) is 5.91 Å². The first-order chi connectivity index (χ1) is 14.9. The third kappa shape index (κ3) is 6.06. The van der Waals surface area contributed by atoms with E-state index in [4.69, 9.17) is 9.47 Å². The van der Waals surface area contributed by atoms with Gasteiger partial charge in [0.1, 0.15) is 5.75 Å². The van der Waals surface area contributed by atoms with Crippen molar-refractivity contribution in [2.24, 2.45) is 0 Å². The third-order valence-corrected chi connectivity index (χ3v) is 7.21. The van der Waals surface area contributed by atoms with Gasteiger partial charge in [0.15, 0.2) is 0 Å². The van der Waals surface area contributed by atoms with Crippen molar-refractivity contribution in [3.63, 3.8) is 0 Å². The fourth-order valence-electron chi connectivity index (χ4n) is 3.33. The second-order valence-electron chi connectivity index (χ2n) is 7.53. The van der Waals surface area contributed by atoms with Gasteiger partial charge in [-0.3, -0.25) is 4.79 Å². The van der Waals surface area contributed by atoms with Crippen molar-refractivity contribution in [3.05, 3.63) is 53.6 Å². The normalized spacial score (nSPS) is 14.9. The highest BCUT2D eigenvalue weighted by molar-refractivity contribution is 7.89. The monoisotopic (exact) mass is 446 g/mol. The third-order valence-electron chi connectivity index (χ3n) is 5.17. The number of hydrogen-bond donors (Lipinski definition) is 1. The van der Waals surface area contributed by atoms with E-state index in [1.165, 1.54) is 10.4 Å². The van der Waals surface area contributed by atoms with Crippen molar-refractivity contribution < 1.29 is 22.7 Å². The SMILES string of the molecule is CCCCCOc1ccc(C(=O)Nc2ccc(C)c(S(=O)(=O)N3CCOCC3)c2)cc1. The number of amides is 1. The fourth-order valence-corrected chi connectivity index (χ4v) is 4.99. The van der Waals surface area contributed by atoms with E-state index in [0.29, 0.717) is 49.7 Å². The molecule has 8 heteroatoms. The maximum absolute atomic E-state index is 13.0. The summed E-state index contributed by atoms with van der Waals surface area (Å²) in [5, 5.41) is 2.79. The van der Waals surface area contributed by atoms with Crippen molar-refractivity contribution in [3.8, 4) is 5.75 Å². The molecule has 31 heavy (non-hydrogen) atoms. The number of morpholine rings is 1. The van der Waals surface area contributed by atoms with Crippen LogP contribution in [0.2, 0.25) is 0 Å². The summed E-state index contributed by atoms with van der Waals surface area (Å²) >= 11 is 0. The Morgan fingerprint density at radius 3 is 2.48 bits per heavy atom. The first kappa shape index (κ1) is 23.2. The number of aryl methyl sites for hydroxylation is 1. The molecule has 7 nitrogen and oxygen atoms in total. The molecule has 1 heterocycles. The lowest BCUT2D eigenvalue weighted by molar-refractivity contribution is 0.0730. The van der Waals surface area contributed by atoms with Crippen molar-refractivity contribution in [1.29, 1.82) is 0 Å². The first-order valence-electron chi connectivity index (χ1n) is 10.6. The smallest absolute Gasteiger partial charge is 0.255 e. The number of ether oxygens (including phenoxy) is 2. The van der Waals surface area contributed by atoms with Gasteiger partial charge in [-0.05, 0) is 55.3 Å². The Bertz CT molecular complexity index is 984. The lowest BCUT2D eigenvalue weighted by atomic mass is 10.2. The Hall–Kier alpha value is -2.42. The molecule has 0 atom stereocenters. The van der Waals surface area contributed by atoms with E-state index in [0.717, 1.165) is 25.0 Å². The lowest BCUT2D eigenvalue weighted by Crippen LogP contribution is -2.40. The molecule has 0 bridgehead atoms. The summed E-state index contributed by atoms with van der Waals surface area (Å²) in [5.41, 5.74) is 1.54. The summed E-state index contributed by atoms with van der Waals surface area (Å²) in [5.74, 6) is 0.415. The number of nitrogens with one attached hydrogen (secondary N) is 1. The van der Waals surface area contributed by atoms with Crippen molar-refractivity contribution in [2.75, 3.05) is 38.2 Å². The van der Waals surface area contributed by atoms with E-state index in [1.807, 2.05) is 0 Å². The Labute approximate surface area is 184 Å². The molecule has 1 fully saturated rings. The second-order valence-corrected chi connectivity index (χ2v) is 9.44. The van der Waals surface area contributed by atoms with Crippen LogP contribution in [-0.2, 0) is 14.8 Å². The van der Waals surface area contributed by atoms with E-state index >= 15 is 0 Å². The largest absolute Gasteiger partial charge is 0.494 e. The standard InChI is InChI=1S/C23H30N2O5S/c1-3-4-5-14-30-21-10-7-19(8-11-21)23(26)24-20-9-6-18(2)22(17-20)31(27,28)25-12-15-29-16-13-25/h6-11,17H,3-5,12-16H2,1-2H3,(H,24,26). The molecule has 0 spiro atoms. The molecule has 3 rings (SSSR count). The van der Waals surface area contributed by atoms with Gasteiger partial charge in [0.2, 0.25) is 10.0 Å². The zero-order chi connectivity index (χ0) is 22.3. The minimum atomic E-state index is -3.65. The Kier molecular flexibility index (Phi) is 8.06. The predicted molar refractivity (Wildman–Crippen MR) is 120 cm³/mol. The minimum Gasteiger partial charge on any atom is -0.494 e. The zero-order valence-electron chi connectivity index (χ0n) is 18.1. The molecule has 0 radical (unpaired) electrons. The Morgan fingerprint density at radius 1 is 1.10 bits per heavy atom. The van der Waals surface area contributed by atoms with Gasteiger partial charge in [0, 0.05) is 24.3 Å². The lowest BCUT2D eigenvalue weighted by Gasteiger charge is -2.26. The van der Waals surface area contributed by atoms with Crippen LogP contribution in [0.15, 0.2) is 47.4 Å². The molecular formula is C23H30N2O5S. The van der Waals surface area contributed by atoms with Crippen LogP contribution < -0.4 is 10.1 Å². The van der Waals surface area contributed by atoms with Crippen molar-refractivity contribution >= 4 is 21.6 Å². The van der Waals surface area contributed by atoms with E-state index in [1.54, 1.807) is 43.3 Å². The summed E-state index contributed by atoms with van der Waals surface area (Å²) in [7, 11) is -3.65. The molecule has 1 aliphatic rings. The minimum absolute atomic E-state index is 0.197. The molecule has 1 N–H and O–H groups in total. The highest BCUT2D eigenvalue weighted by Gasteiger charge is 2.28. The van der Waals surface area contributed by atoms with Crippen LogP contribution in [0.5, 0.6) is 5.75 Å². The molecule has 168 valence electrons. The number of rotatable bonds is 9. The quantitative estimate of drug-likeness (QED) is 0.592. The van der Waals surface area contributed by atoms with Gasteiger partial charge in [-0.15, -0.1) is 0 Å². The molecule has 0 unspecified atom stereocenters. The summed E-state index contributed by atoms with van der Waals surface area (Å²) in [6.07, 6.45) is 3.26. The average molecular weight is 447 g/mol. The van der Waals surface area contributed by atoms with Gasteiger partial charge in [-0.1, -0.05) is 25.8 Å². The Balaban J connectivity index is 1.68. The van der Waals surface area contributed by atoms with E-state index in [9.17, 15) is 13.2 Å². The van der Waals surface area contributed by atoms with Gasteiger partial charge in [-0.25, -0.2) is 8.42 Å². The van der Waals surface area contributed by atoms with Gasteiger partial charge < -0.3 is 14.8 Å². The van der Waals surface area contributed by atoms with Crippen LogP contribution in [0.25, 0.3) is 0 Å². The zero-order valence-corrected chi connectivity index (χ0v) is 18.9. The number of unbranched alkanes of at least 4 members (excludes halogenated alkanes) is 2. The Morgan fingerprint density at radius 2 is 1.81 bits per heavy atom. The molecule has 2 aromatic rings. The maximum Gasteiger partial charge on any atom is 0.255 e. The number of anilines is 1. The summed E-state index contributed by atoms with van der Waals surface area (Å²) in [6.45, 7) is 5.96. The second kappa shape index (κ2) is 10.7. The molecule has 0 aromatic heterocycles. The molecule has 2 aromatic carbocycles. The topological polar surface area (TPSA) is 84.9 Å². The van der Waals surface area contributed by atoms with Crippen molar-refractivity contribution in [1.82, 2.24) is 4.31 Å². The molecule has 1 amide bonds. The van der Waals surface area contributed by atoms with Crippen LogP contribution in [0.3, 0.4) is 0 Å². The summed E-state index contributed by atoms with van der Waals surface area (Å²) in [4.78, 5) is 12.8. The fraction of sp³-hybridized carbons (Fsp3) is 0.435. The van der Waals surface area contributed by atoms with Gasteiger partial charge in [-0.2, -0.15) is 4.31 Å². The highest BCUT2D eigenvalue weighted by Crippen LogP contribution is 2.25. The molecular weight excluding hydrogens is 416 g/mol. The average Bonchev–Trinajstić information content (AvgIpc) is 2.79. The maximum atomic E-state index is 13.0. The summed E-state index contributed by atoms with van der Waals surface area (Å²) in [6, 6.07) is 11.9. The number of benzene rings is 2. The first-order valence-corrected chi connectivity index (χ1v) is 12.1. The molecule has 0 aliphatic carbocycles. The van der Waals surface area contributed by atoms with Gasteiger partial charge >= 0.3 is 0 Å². The number of sulfonamides is 1. The van der Waals surface area contributed by atoms with Crippen LogP contribution >= 0.6 is 0 Å².